The molecule has 0 radical (unpaired) electrons. The zero-order chi connectivity index (χ0) is 20.1. The van der Waals surface area contributed by atoms with Crippen molar-refractivity contribution in [2.24, 2.45) is 5.92 Å². The van der Waals surface area contributed by atoms with E-state index in [9.17, 15) is 4.79 Å². The minimum atomic E-state index is -0.525. The van der Waals surface area contributed by atoms with Crippen LogP contribution in [0.2, 0.25) is 0 Å². The van der Waals surface area contributed by atoms with Crippen molar-refractivity contribution in [3.63, 3.8) is 0 Å². The van der Waals surface area contributed by atoms with Crippen molar-refractivity contribution < 1.29 is 14.3 Å². The van der Waals surface area contributed by atoms with Crippen LogP contribution in [0.4, 0.5) is 11.4 Å². The highest BCUT2D eigenvalue weighted by atomic mass is 16.6. The van der Waals surface area contributed by atoms with Crippen LogP contribution in [0.5, 0.6) is 0 Å². The Kier molecular flexibility index (Phi) is 6.51. The van der Waals surface area contributed by atoms with Gasteiger partial charge in [-0.25, -0.2) is 4.79 Å². The normalized spacial score (nSPS) is 19.1. The van der Waals surface area contributed by atoms with E-state index in [-0.39, 0.29) is 5.97 Å². The second-order valence-corrected chi connectivity index (χ2v) is 8.69. The third-order valence-electron chi connectivity index (χ3n) is 5.30. The summed E-state index contributed by atoms with van der Waals surface area (Å²) < 4.78 is 11.1. The third kappa shape index (κ3) is 5.42. The summed E-state index contributed by atoms with van der Waals surface area (Å²) >= 11 is 0. The highest BCUT2D eigenvalue weighted by Gasteiger charge is 2.24. The number of benzene rings is 1. The van der Waals surface area contributed by atoms with Crippen molar-refractivity contribution in [1.29, 1.82) is 0 Å². The Labute approximate surface area is 168 Å². The zero-order valence-corrected chi connectivity index (χ0v) is 17.3. The molecule has 0 bridgehead atoms. The number of ether oxygens (including phenoxy) is 2. The van der Waals surface area contributed by atoms with E-state index < -0.39 is 5.60 Å². The van der Waals surface area contributed by atoms with Crippen LogP contribution in [-0.4, -0.2) is 43.9 Å². The molecule has 1 aromatic rings. The fraction of sp³-hybridized carbons (Fsp3) is 0.609. The van der Waals surface area contributed by atoms with Crippen LogP contribution in [0.1, 0.15) is 56.8 Å². The van der Waals surface area contributed by atoms with Crippen molar-refractivity contribution in [2.75, 3.05) is 36.5 Å². The van der Waals surface area contributed by atoms with Gasteiger partial charge in [0, 0.05) is 44.0 Å². The summed E-state index contributed by atoms with van der Waals surface area (Å²) in [6.07, 6.45) is 9.47. The predicted octanol–water partition coefficient (Wildman–Crippen LogP) is 4.08. The van der Waals surface area contributed by atoms with Gasteiger partial charge in [-0.1, -0.05) is 0 Å². The lowest BCUT2D eigenvalue weighted by atomic mass is 9.97. The molecule has 2 aliphatic heterocycles. The van der Waals surface area contributed by atoms with Crippen LogP contribution in [0.25, 0.3) is 0 Å². The minimum absolute atomic E-state index is 0.292. The smallest absolute Gasteiger partial charge is 0.340 e. The summed E-state index contributed by atoms with van der Waals surface area (Å²) in [5.41, 5.74) is 2.03. The number of nitrogens with one attached hydrogen (secondary N) is 1. The van der Waals surface area contributed by atoms with Crippen molar-refractivity contribution in [3.8, 4) is 12.3 Å². The molecule has 28 heavy (non-hydrogen) atoms. The number of carbonyl (C=O) groups is 1. The highest BCUT2D eigenvalue weighted by Crippen LogP contribution is 2.30. The lowest BCUT2D eigenvalue weighted by Crippen LogP contribution is -2.33. The molecule has 0 aliphatic carbocycles. The average molecular weight is 385 g/mol. The molecule has 0 unspecified atom stereocenters. The van der Waals surface area contributed by atoms with Gasteiger partial charge in [-0.15, -0.1) is 12.3 Å². The first-order chi connectivity index (χ1) is 13.4. The van der Waals surface area contributed by atoms with Crippen molar-refractivity contribution in [2.45, 2.75) is 58.1 Å². The molecular weight excluding hydrogens is 352 g/mol. The van der Waals surface area contributed by atoms with E-state index in [0.717, 1.165) is 63.4 Å². The fourth-order valence-corrected chi connectivity index (χ4v) is 3.73. The monoisotopic (exact) mass is 384 g/mol. The van der Waals surface area contributed by atoms with Gasteiger partial charge in [0.05, 0.1) is 11.3 Å². The van der Waals surface area contributed by atoms with Gasteiger partial charge in [0.1, 0.15) is 5.60 Å². The standard InChI is InChI=1S/C23H32N2O3/c1-5-17-8-12-25(13-9-17)19-6-7-20(22(26)28-23(2,3)4)21(16-19)24-18-10-14-27-15-11-18/h1,6-7,16-18,24H,8-15H2,2-4H3. The van der Waals surface area contributed by atoms with Crippen LogP contribution in [-0.2, 0) is 9.47 Å². The summed E-state index contributed by atoms with van der Waals surface area (Å²) in [4.78, 5) is 15.1. The first kappa shape index (κ1) is 20.5. The number of anilines is 2. The van der Waals surface area contributed by atoms with Crippen molar-refractivity contribution in [1.82, 2.24) is 0 Å². The van der Waals surface area contributed by atoms with Crippen LogP contribution < -0.4 is 10.2 Å². The van der Waals surface area contributed by atoms with E-state index in [1.165, 1.54) is 0 Å². The first-order valence-electron chi connectivity index (χ1n) is 10.3. The number of nitrogens with zero attached hydrogens (tertiary/aromatic N) is 1. The van der Waals surface area contributed by atoms with Gasteiger partial charge in [-0.05, 0) is 64.7 Å². The summed E-state index contributed by atoms with van der Waals surface area (Å²) in [6, 6.07) is 6.30. The van der Waals surface area contributed by atoms with E-state index in [1.807, 2.05) is 32.9 Å². The molecule has 5 heteroatoms. The van der Waals surface area contributed by atoms with Gasteiger partial charge in [-0.2, -0.15) is 0 Å². The molecule has 0 saturated carbocycles. The SMILES string of the molecule is C#CC1CCN(c2ccc(C(=O)OC(C)(C)C)c(NC3CCOCC3)c2)CC1. The topological polar surface area (TPSA) is 50.8 Å². The molecule has 0 spiro atoms. The molecule has 0 atom stereocenters. The maximum Gasteiger partial charge on any atom is 0.340 e. The van der Waals surface area contributed by atoms with Crippen LogP contribution in [0, 0.1) is 18.3 Å². The van der Waals surface area contributed by atoms with Gasteiger partial charge in [0.25, 0.3) is 0 Å². The Morgan fingerprint density at radius 1 is 1.21 bits per heavy atom. The zero-order valence-electron chi connectivity index (χ0n) is 17.3. The number of rotatable bonds is 4. The Morgan fingerprint density at radius 3 is 2.50 bits per heavy atom. The molecule has 3 rings (SSSR count). The van der Waals surface area contributed by atoms with Crippen LogP contribution >= 0.6 is 0 Å². The molecule has 2 fully saturated rings. The summed E-state index contributed by atoms with van der Waals surface area (Å²) in [6.45, 7) is 9.05. The fourth-order valence-electron chi connectivity index (χ4n) is 3.73. The van der Waals surface area contributed by atoms with E-state index >= 15 is 0 Å². The van der Waals surface area contributed by atoms with E-state index in [4.69, 9.17) is 15.9 Å². The highest BCUT2D eigenvalue weighted by molar-refractivity contribution is 5.96. The Bertz CT molecular complexity index is 718. The van der Waals surface area contributed by atoms with Crippen molar-refractivity contribution in [3.05, 3.63) is 23.8 Å². The average Bonchev–Trinajstić information content (AvgIpc) is 2.67. The maximum absolute atomic E-state index is 12.8. The number of carbonyl (C=O) groups excluding carboxylic acids is 1. The van der Waals surface area contributed by atoms with Gasteiger partial charge >= 0.3 is 5.97 Å². The molecule has 0 aromatic heterocycles. The maximum atomic E-state index is 12.8. The second kappa shape index (κ2) is 8.87. The van der Waals surface area contributed by atoms with Gasteiger partial charge < -0.3 is 19.7 Å². The first-order valence-corrected chi connectivity index (χ1v) is 10.3. The predicted molar refractivity (Wildman–Crippen MR) is 113 cm³/mol. The molecule has 2 heterocycles. The van der Waals surface area contributed by atoms with E-state index in [1.54, 1.807) is 0 Å². The number of terminal acetylenes is 1. The number of piperidine rings is 1. The van der Waals surface area contributed by atoms with Crippen LogP contribution in [0.15, 0.2) is 18.2 Å². The third-order valence-corrected chi connectivity index (χ3v) is 5.30. The molecular formula is C23H32N2O3. The quantitative estimate of drug-likeness (QED) is 0.626. The summed E-state index contributed by atoms with van der Waals surface area (Å²) in [5, 5.41) is 3.58. The second-order valence-electron chi connectivity index (χ2n) is 8.69. The van der Waals surface area contributed by atoms with Crippen LogP contribution in [0.3, 0.4) is 0 Å². The summed E-state index contributed by atoms with van der Waals surface area (Å²) in [7, 11) is 0. The Hall–Kier alpha value is -2.19. The van der Waals surface area contributed by atoms with Gasteiger partial charge in [0.15, 0.2) is 0 Å². The lowest BCUT2D eigenvalue weighted by molar-refractivity contribution is 0.00706. The number of hydrogen-bond donors (Lipinski definition) is 1. The molecule has 1 aromatic carbocycles. The minimum Gasteiger partial charge on any atom is -0.456 e. The molecule has 0 amide bonds. The largest absolute Gasteiger partial charge is 0.456 e. The van der Waals surface area contributed by atoms with E-state index in [2.05, 4.69) is 22.2 Å². The number of esters is 1. The number of hydrogen-bond acceptors (Lipinski definition) is 5. The molecule has 2 saturated heterocycles. The molecule has 152 valence electrons. The lowest BCUT2D eigenvalue weighted by Gasteiger charge is -2.33. The van der Waals surface area contributed by atoms with Gasteiger partial charge in [-0.3, -0.25) is 0 Å². The van der Waals surface area contributed by atoms with Crippen molar-refractivity contribution >= 4 is 17.3 Å². The molecule has 1 N–H and O–H groups in total. The Balaban J connectivity index is 1.82. The Morgan fingerprint density at radius 2 is 1.89 bits per heavy atom. The molecule has 5 nitrogen and oxygen atoms in total. The summed E-state index contributed by atoms with van der Waals surface area (Å²) in [5.74, 6) is 2.96. The van der Waals surface area contributed by atoms with E-state index in [0.29, 0.717) is 17.5 Å². The molecule has 2 aliphatic rings. The van der Waals surface area contributed by atoms with Gasteiger partial charge in [0.2, 0.25) is 0 Å².